The zero-order valence-corrected chi connectivity index (χ0v) is 11.2. The van der Waals surface area contributed by atoms with E-state index < -0.39 is 0 Å². The third kappa shape index (κ3) is 4.56. The van der Waals surface area contributed by atoms with Crippen LogP contribution in [0.3, 0.4) is 0 Å². The molecule has 1 heterocycles. The Balaban J connectivity index is 2.17. The summed E-state index contributed by atoms with van der Waals surface area (Å²) in [6, 6.07) is 2.07. The highest BCUT2D eigenvalue weighted by molar-refractivity contribution is 5.77. The molecule has 5 heteroatoms. The predicted molar refractivity (Wildman–Crippen MR) is 67.9 cm³/mol. The van der Waals surface area contributed by atoms with Crippen molar-refractivity contribution in [2.24, 2.45) is 0 Å². The number of aryl methyl sites for hydroxylation is 3. The molecule has 1 aromatic rings. The zero-order chi connectivity index (χ0) is 12.8. The predicted octanol–water partition coefficient (Wildman–Crippen LogP) is 0.568. The maximum atomic E-state index is 11.3. The standard InChI is InChI=1S/C12H22N4O/c1-10-8-11(2)16(14-10)7-5-6-13-9-12(17)15(3)4/h8,13H,5-7,9H2,1-4H3. The van der Waals surface area contributed by atoms with E-state index in [4.69, 9.17) is 0 Å². The molecular formula is C12H22N4O. The van der Waals surface area contributed by atoms with E-state index in [9.17, 15) is 4.79 Å². The molecule has 0 aliphatic carbocycles. The van der Waals surface area contributed by atoms with E-state index in [2.05, 4.69) is 23.4 Å². The van der Waals surface area contributed by atoms with Crippen LogP contribution in [0.2, 0.25) is 0 Å². The lowest BCUT2D eigenvalue weighted by atomic mass is 10.4. The van der Waals surface area contributed by atoms with Crippen molar-refractivity contribution in [3.63, 3.8) is 0 Å². The first-order valence-corrected chi connectivity index (χ1v) is 5.92. The monoisotopic (exact) mass is 238 g/mol. The normalized spacial score (nSPS) is 10.6. The molecule has 1 aromatic heterocycles. The molecule has 0 atom stereocenters. The Bertz CT molecular complexity index is 371. The molecule has 0 saturated heterocycles. The summed E-state index contributed by atoms with van der Waals surface area (Å²) in [6.07, 6.45) is 0.975. The van der Waals surface area contributed by atoms with Crippen molar-refractivity contribution in [1.82, 2.24) is 20.0 Å². The Morgan fingerprint density at radius 2 is 2.18 bits per heavy atom. The van der Waals surface area contributed by atoms with E-state index in [1.807, 2.05) is 11.6 Å². The van der Waals surface area contributed by atoms with Gasteiger partial charge in [-0.05, 0) is 32.9 Å². The van der Waals surface area contributed by atoms with E-state index in [0.29, 0.717) is 6.54 Å². The lowest BCUT2D eigenvalue weighted by Crippen LogP contribution is -2.33. The van der Waals surface area contributed by atoms with E-state index in [0.717, 1.165) is 25.2 Å². The van der Waals surface area contributed by atoms with Gasteiger partial charge in [-0.15, -0.1) is 0 Å². The van der Waals surface area contributed by atoms with Crippen molar-refractivity contribution in [2.45, 2.75) is 26.8 Å². The van der Waals surface area contributed by atoms with Gasteiger partial charge in [-0.2, -0.15) is 5.10 Å². The highest BCUT2D eigenvalue weighted by atomic mass is 16.2. The van der Waals surface area contributed by atoms with Crippen LogP contribution < -0.4 is 5.32 Å². The van der Waals surface area contributed by atoms with Gasteiger partial charge in [-0.1, -0.05) is 0 Å². The Labute approximate surface area is 103 Å². The van der Waals surface area contributed by atoms with Gasteiger partial charge in [0.2, 0.25) is 5.91 Å². The molecule has 0 bridgehead atoms. The quantitative estimate of drug-likeness (QED) is 0.737. The number of carbonyl (C=O) groups excluding carboxylic acids is 1. The number of carbonyl (C=O) groups is 1. The molecule has 0 fully saturated rings. The Morgan fingerprint density at radius 1 is 1.47 bits per heavy atom. The molecule has 5 nitrogen and oxygen atoms in total. The van der Waals surface area contributed by atoms with E-state index in [1.165, 1.54) is 5.69 Å². The zero-order valence-electron chi connectivity index (χ0n) is 11.2. The molecule has 17 heavy (non-hydrogen) atoms. The van der Waals surface area contributed by atoms with Gasteiger partial charge in [-0.3, -0.25) is 9.48 Å². The van der Waals surface area contributed by atoms with Crippen molar-refractivity contribution in [3.8, 4) is 0 Å². The van der Waals surface area contributed by atoms with Crippen LogP contribution in [0, 0.1) is 13.8 Å². The number of likely N-dealkylation sites (N-methyl/N-ethyl adjacent to an activating group) is 1. The lowest BCUT2D eigenvalue weighted by molar-refractivity contribution is -0.127. The number of nitrogens with zero attached hydrogens (tertiary/aromatic N) is 3. The van der Waals surface area contributed by atoms with Gasteiger partial charge < -0.3 is 10.2 Å². The van der Waals surface area contributed by atoms with Gasteiger partial charge in [0.15, 0.2) is 0 Å². The van der Waals surface area contributed by atoms with Gasteiger partial charge in [0.05, 0.1) is 12.2 Å². The summed E-state index contributed by atoms with van der Waals surface area (Å²) in [4.78, 5) is 12.9. The highest BCUT2D eigenvalue weighted by Gasteiger charge is 2.03. The van der Waals surface area contributed by atoms with Crippen LogP contribution in [0.1, 0.15) is 17.8 Å². The summed E-state index contributed by atoms with van der Waals surface area (Å²) in [5.74, 6) is 0.108. The van der Waals surface area contributed by atoms with Crippen LogP contribution >= 0.6 is 0 Å². The van der Waals surface area contributed by atoms with Crippen molar-refractivity contribution < 1.29 is 4.79 Å². The van der Waals surface area contributed by atoms with Crippen LogP contribution in [0.15, 0.2) is 6.07 Å². The van der Waals surface area contributed by atoms with Crippen LogP contribution in [0.4, 0.5) is 0 Å². The molecule has 0 aromatic carbocycles. The molecule has 0 radical (unpaired) electrons. The van der Waals surface area contributed by atoms with Crippen molar-refractivity contribution >= 4 is 5.91 Å². The van der Waals surface area contributed by atoms with Crippen LogP contribution in [-0.2, 0) is 11.3 Å². The average Bonchev–Trinajstić information content (AvgIpc) is 2.56. The van der Waals surface area contributed by atoms with Crippen molar-refractivity contribution in [1.29, 1.82) is 0 Å². The Kier molecular flexibility index (Phi) is 5.15. The van der Waals surface area contributed by atoms with Crippen LogP contribution in [0.5, 0.6) is 0 Å². The molecule has 1 rings (SSSR count). The molecule has 1 N–H and O–H groups in total. The summed E-state index contributed by atoms with van der Waals surface area (Å²) in [5, 5.41) is 7.52. The summed E-state index contributed by atoms with van der Waals surface area (Å²) in [5.41, 5.74) is 2.24. The summed E-state index contributed by atoms with van der Waals surface area (Å²) >= 11 is 0. The van der Waals surface area contributed by atoms with Gasteiger partial charge in [0.25, 0.3) is 0 Å². The third-order valence-corrected chi connectivity index (χ3v) is 2.60. The Morgan fingerprint density at radius 3 is 2.71 bits per heavy atom. The maximum Gasteiger partial charge on any atom is 0.236 e. The average molecular weight is 238 g/mol. The molecule has 96 valence electrons. The minimum atomic E-state index is 0.108. The third-order valence-electron chi connectivity index (χ3n) is 2.60. The number of hydrogen-bond acceptors (Lipinski definition) is 3. The van der Waals surface area contributed by atoms with Crippen molar-refractivity contribution in [2.75, 3.05) is 27.2 Å². The van der Waals surface area contributed by atoms with Gasteiger partial charge in [-0.25, -0.2) is 0 Å². The maximum absolute atomic E-state index is 11.3. The number of nitrogens with one attached hydrogen (secondary N) is 1. The number of amides is 1. The minimum Gasteiger partial charge on any atom is -0.348 e. The first-order valence-electron chi connectivity index (χ1n) is 5.92. The number of hydrogen-bond donors (Lipinski definition) is 1. The second kappa shape index (κ2) is 6.39. The molecule has 1 amide bonds. The molecule has 0 spiro atoms. The van der Waals surface area contributed by atoms with Crippen LogP contribution in [-0.4, -0.2) is 47.8 Å². The summed E-state index contributed by atoms with van der Waals surface area (Å²) < 4.78 is 2.00. The first-order chi connectivity index (χ1) is 8.00. The van der Waals surface area contributed by atoms with Gasteiger partial charge >= 0.3 is 0 Å². The largest absolute Gasteiger partial charge is 0.348 e. The SMILES string of the molecule is Cc1cc(C)n(CCCNCC(=O)N(C)C)n1. The highest BCUT2D eigenvalue weighted by Crippen LogP contribution is 2.01. The smallest absolute Gasteiger partial charge is 0.236 e. The first kappa shape index (κ1) is 13.7. The van der Waals surface area contributed by atoms with Crippen molar-refractivity contribution in [3.05, 3.63) is 17.5 Å². The molecule has 0 saturated carbocycles. The molecule has 0 aliphatic rings. The Hall–Kier alpha value is -1.36. The molecular weight excluding hydrogens is 216 g/mol. The second-order valence-electron chi connectivity index (χ2n) is 4.47. The van der Waals surface area contributed by atoms with E-state index >= 15 is 0 Å². The topological polar surface area (TPSA) is 50.2 Å². The van der Waals surface area contributed by atoms with Gasteiger partial charge in [0.1, 0.15) is 0 Å². The summed E-state index contributed by atoms with van der Waals surface area (Å²) in [7, 11) is 3.53. The molecule has 0 unspecified atom stereocenters. The fourth-order valence-electron chi connectivity index (χ4n) is 1.61. The number of rotatable bonds is 6. The van der Waals surface area contributed by atoms with Crippen LogP contribution in [0.25, 0.3) is 0 Å². The second-order valence-corrected chi connectivity index (χ2v) is 4.47. The summed E-state index contributed by atoms with van der Waals surface area (Å²) in [6.45, 7) is 6.19. The fourth-order valence-corrected chi connectivity index (χ4v) is 1.61. The fraction of sp³-hybridized carbons (Fsp3) is 0.667. The lowest BCUT2D eigenvalue weighted by Gasteiger charge is -2.11. The minimum absolute atomic E-state index is 0.108. The van der Waals surface area contributed by atoms with E-state index in [1.54, 1.807) is 19.0 Å². The molecule has 0 aliphatic heterocycles. The van der Waals surface area contributed by atoms with Gasteiger partial charge in [0, 0.05) is 26.3 Å². The van der Waals surface area contributed by atoms with E-state index in [-0.39, 0.29) is 5.91 Å². The number of aromatic nitrogens is 2.